The maximum Gasteiger partial charge on any atom is -0.0445 e. The van der Waals surface area contributed by atoms with E-state index in [1.807, 2.05) is 0 Å². The molecule has 0 bridgehead atoms. The van der Waals surface area contributed by atoms with Crippen molar-refractivity contribution in [1.82, 2.24) is 0 Å². The molecule has 0 aliphatic rings. The average Bonchev–Trinajstić information content (AvgIpc) is 2.04. The van der Waals surface area contributed by atoms with Crippen molar-refractivity contribution in [2.45, 2.75) is 46.5 Å². The van der Waals surface area contributed by atoms with Crippen molar-refractivity contribution >= 4 is 0 Å². The van der Waals surface area contributed by atoms with Crippen LogP contribution in [-0.4, -0.2) is 10.5 Å². The fourth-order valence-corrected chi connectivity index (χ4v) is 0.757. The summed E-state index contributed by atoms with van der Waals surface area (Å²) < 4.78 is 0. The van der Waals surface area contributed by atoms with Crippen LogP contribution in [0.2, 0.25) is 0 Å². The lowest BCUT2D eigenvalue weighted by molar-refractivity contribution is -0.176. The Bertz CT molecular complexity index is 46.5. The molecule has 0 aliphatic heterocycles. The number of hydrogen-bond donors (Lipinski definition) is 2. The summed E-state index contributed by atoms with van der Waals surface area (Å²) in [6.07, 6.45) is 5.53. The van der Waals surface area contributed by atoms with Gasteiger partial charge < -0.3 is 0 Å². The molecule has 2 heteroatoms. The molecule has 0 fully saturated rings. The van der Waals surface area contributed by atoms with E-state index in [0.717, 1.165) is 5.92 Å². The third kappa shape index (κ3) is 10.8. The van der Waals surface area contributed by atoms with Crippen LogP contribution >= 0.6 is 0 Å². The average molecular weight is 148 g/mol. The first-order valence-corrected chi connectivity index (χ1v) is 4.01. The summed E-state index contributed by atoms with van der Waals surface area (Å²) in [6, 6.07) is 0. The highest BCUT2D eigenvalue weighted by Crippen LogP contribution is 2.09. The predicted octanol–water partition coefficient (Wildman–Crippen LogP) is 3.24. The molecule has 2 N–H and O–H groups in total. The molecule has 0 amide bonds. The smallest absolute Gasteiger partial charge is 0.0445 e. The summed E-state index contributed by atoms with van der Waals surface area (Å²) in [4.78, 5) is 0. The van der Waals surface area contributed by atoms with Gasteiger partial charge in [-0.05, 0) is 5.92 Å². The minimum atomic E-state index is 0.954. The van der Waals surface area contributed by atoms with E-state index in [2.05, 4.69) is 20.8 Å². The highest BCUT2D eigenvalue weighted by molar-refractivity contribution is 4.47. The molecule has 0 radical (unpaired) electrons. The normalized spacial score (nSPS) is 11.7. The van der Waals surface area contributed by atoms with E-state index in [0.29, 0.717) is 0 Å². The van der Waals surface area contributed by atoms with E-state index in [1.54, 1.807) is 0 Å². The molecule has 0 aromatic rings. The second-order valence-electron chi connectivity index (χ2n) is 2.66. The van der Waals surface area contributed by atoms with Crippen molar-refractivity contribution in [2.75, 3.05) is 0 Å². The van der Waals surface area contributed by atoms with Gasteiger partial charge in [-0.3, -0.25) is 10.5 Å². The van der Waals surface area contributed by atoms with Crippen LogP contribution in [0.1, 0.15) is 46.5 Å². The van der Waals surface area contributed by atoms with Crippen LogP contribution in [0.4, 0.5) is 0 Å². The molecule has 0 heterocycles. The van der Waals surface area contributed by atoms with Crippen molar-refractivity contribution in [2.24, 2.45) is 5.92 Å². The molecule has 0 aromatic carbocycles. The van der Waals surface area contributed by atoms with Gasteiger partial charge >= 0.3 is 0 Å². The number of hydrogen-bond acceptors (Lipinski definition) is 2. The first-order valence-electron chi connectivity index (χ1n) is 4.01. The Kier molecular flexibility index (Phi) is 14.7. The topological polar surface area (TPSA) is 40.5 Å². The van der Waals surface area contributed by atoms with Gasteiger partial charge in [0.25, 0.3) is 0 Å². The molecule has 1 atom stereocenters. The molecule has 0 saturated carbocycles. The monoisotopic (exact) mass is 148 g/mol. The molecule has 2 nitrogen and oxygen atoms in total. The molecular formula is C8H20O2. The predicted molar refractivity (Wildman–Crippen MR) is 44.2 cm³/mol. The van der Waals surface area contributed by atoms with Crippen LogP contribution in [0.5, 0.6) is 0 Å². The van der Waals surface area contributed by atoms with Crippen LogP contribution < -0.4 is 0 Å². The largest absolute Gasteiger partial charge is 0.255 e. The van der Waals surface area contributed by atoms with Crippen molar-refractivity contribution in [3.63, 3.8) is 0 Å². The summed E-state index contributed by atoms with van der Waals surface area (Å²) in [6.45, 7) is 6.85. The Morgan fingerprint density at radius 1 is 1.20 bits per heavy atom. The van der Waals surface area contributed by atoms with Crippen LogP contribution in [-0.2, 0) is 0 Å². The first-order chi connectivity index (χ1) is 4.81. The lowest BCUT2D eigenvalue weighted by atomic mass is 10.0. The van der Waals surface area contributed by atoms with Gasteiger partial charge in [0.1, 0.15) is 0 Å². The Balaban J connectivity index is 0. The van der Waals surface area contributed by atoms with Crippen molar-refractivity contribution in [3.05, 3.63) is 0 Å². The molecule has 10 heavy (non-hydrogen) atoms. The molecular weight excluding hydrogens is 128 g/mol. The Morgan fingerprint density at radius 2 is 1.70 bits per heavy atom. The maximum atomic E-state index is 6.00. The minimum Gasteiger partial charge on any atom is -0.255 e. The summed E-state index contributed by atoms with van der Waals surface area (Å²) in [5.41, 5.74) is 0. The Labute approximate surface area is 63.8 Å². The number of rotatable bonds is 4. The SMILES string of the molecule is CCCCC(C)CC.OO. The van der Waals surface area contributed by atoms with Gasteiger partial charge in [-0.25, -0.2) is 0 Å². The molecule has 0 saturated heterocycles. The van der Waals surface area contributed by atoms with E-state index in [9.17, 15) is 0 Å². The van der Waals surface area contributed by atoms with E-state index in [1.165, 1.54) is 25.7 Å². The van der Waals surface area contributed by atoms with Gasteiger partial charge in [-0.1, -0.05) is 46.5 Å². The van der Waals surface area contributed by atoms with Crippen molar-refractivity contribution in [1.29, 1.82) is 0 Å². The molecule has 1 unspecified atom stereocenters. The molecule has 0 aromatic heterocycles. The third-order valence-electron chi connectivity index (χ3n) is 1.75. The summed E-state index contributed by atoms with van der Waals surface area (Å²) in [7, 11) is 0. The summed E-state index contributed by atoms with van der Waals surface area (Å²) in [5, 5.41) is 12.0. The van der Waals surface area contributed by atoms with E-state index in [-0.39, 0.29) is 0 Å². The molecule has 64 valence electrons. The minimum absolute atomic E-state index is 0.954. The van der Waals surface area contributed by atoms with Gasteiger partial charge in [0.2, 0.25) is 0 Å². The van der Waals surface area contributed by atoms with Crippen LogP contribution in [0.25, 0.3) is 0 Å². The quantitative estimate of drug-likeness (QED) is 0.474. The fourth-order valence-electron chi connectivity index (χ4n) is 0.757. The standard InChI is InChI=1S/C8H18.H2O2/c1-4-6-7-8(3)5-2;1-2/h8H,4-7H2,1-3H3;1-2H. The zero-order chi connectivity index (χ0) is 8.41. The second-order valence-corrected chi connectivity index (χ2v) is 2.66. The van der Waals surface area contributed by atoms with Crippen LogP contribution in [0, 0.1) is 5.92 Å². The van der Waals surface area contributed by atoms with Gasteiger partial charge in [0, 0.05) is 0 Å². The second kappa shape index (κ2) is 11.7. The van der Waals surface area contributed by atoms with E-state index >= 15 is 0 Å². The Hall–Kier alpha value is -0.0800. The molecule has 0 aliphatic carbocycles. The lowest BCUT2D eigenvalue weighted by Crippen LogP contribution is -1.89. The van der Waals surface area contributed by atoms with Gasteiger partial charge in [0.15, 0.2) is 0 Å². The third-order valence-corrected chi connectivity index (χ3v) is 1.75. The lowest BCUT2D eigenvalue weighted by Gasteiger charge is -2.04. The van der Waals surface area contributed by atoms with Gasteiger partial charge in [0.05, 0.1) is 0 Å². The van der Waals surface area contributed by atoms with Crippen LogP contribution in [0.3, 0.4) is 0 Å². The fraction of sp³-hybridized carbons (Fsp3) is 1.00. The first kappa shape index (κ1) is 12.6. The van der Waals surface area contributed by atoms with Gasteiger partial charge in [-0.2, -0.15) is 0 Å². The maximum absolute atomic E-state index is 6.00. The van der Waals surface area contributed by atoms with Crippen molar-refractivity contribution < 1.29 is 10.5 Å². The number of unbranched alkanes of at least 4 members (excludes halogenated alkanes) is 1. The van der Waals surface area contributed by atoms with E-state index < -0.39 is 0 Å². The summed E-state index contributed by atoms with van der Waals surface area (Å²) >= 11 is 0. The van der Waals surface area contributed by atoms with Crippen molar-refractivity contribution in [3.8, 4) is 0 Å². The van der Waals surface area contributed by atoms with E-state index in [4.69, 9.17) is 10.5 Å². The van der Waals surface area contributed by atoms with Gasteiger partial charge in [-0.15, -0.1) is 0 Å². The summed E-state index contributed by atoms with van der Waals surface area (Å²) in [5.74, 6) is 0.954. The molecule has 0 spiro atoms. The zero-order valence-corrected chi connectivity index (χ0v) is 7.30. The highest BCUT2D eigenvalue weighted by Gasteiger charge is 1.94. The van der Waals surface area contributed by atoms with Crippen LogP contribution in [0.15, 0.2) is 0 Å². The Morgan fingerprint density at radius 3 is 2.00 bits per heavy atom. The molecule has 0 rings (SSSR count). The zero-order valence-electron chi connectivity index (χ0n) is 7.30. The highest BCUT2D eigenvalue weighted by atomic mass is 17.0.